The molecule has 0 amide bonds. The van der Waals surface area contributed by atoms with Gasteiger partial charge < -0.3 is 5.32 Å². The third-order valence-electron chi connectivity index (χ3n) is 2.32. The lowest BCUT2D eigenvalue weighted by atomic mass is 10.6. The Bertz CT molecular complexity index is 490. The average Bonchev–Trinajstić information content (AvgIpc) is 2.81. The molecule has 0 aromatic carbocycles. The molecule has 2 aromatic heterocycles. The molecule has 1 N–H and O–H groups in total. The Kier molecular flexibility index (Phi) is 2.62. The second-order valence-corrected chi connectivity index (χ2v) is 5.21. The minimum atomic E-state index is 0.604. The van der Waals surface area contributed by atoms with Crippen LogP contribution in [0.1, 0.15) is 17.8 Å². The molecule has 0 unspecified atom stereocenters. The van der Waals surface area contributed by atoms with Gasteiger partial charge in [-0.05, 0) is 12.8 Å². The lowest BCUT2D eigenvalue weighted by molar-refractivity contribution is 0.678. The lowest BCUT2D eigenvalue weighted by Crippen LogP contribution is -2.14. The SMILES string of the molecule is Clc1cnn(-c2nnc(CNC3CC3)s2)c1. The van der Waals surface area contributed by atoms with Crippen LogP contribution in [0, 0.1) is 0 Å². The molecule has 0 atom stereocenters. The molecule has 0 aliphatic heterocycles. The molecular formula is C9H10ClN5S. The minimum Gasteiger partial charge on any atom is -0.308 e. The zero-order valence-electron chi connectivity index (χ0n) is 8.43. The molecule has 1 fully saturated rings. The Morgan fingerprint density at radius 2 is 2.38 bits per heavy atom. The topological polar surface area (TPSA) is 55.6 Å². The normalized spacial score (nSPS) is 15.6. The molecule has 0 radical (unpaired) electrons. The van der Waals surface area contributed by atoms with Crippen molar-refractivity contribution >= 4 is 22.9 Å². The van der Waals surface area contributed by atoms with E-state index in [2.05, 4.69) is 20.6 Å². The summed E-state index contributed by atoms with van der Waals surface area (Å²) >= 11 is 7.32. The van der Waals surface area contributed by atoms with E-state index >= 15 is 0 Å². The summed E-state index contributed by atoms with van der Waals surface area (Å²) in [6.45, 7) is 0.789. The number of nitrogens with zero attached hydrogens (tertiary/aromatic N) is 4. The Morgan fingerprint density at radius 1 is 1.50 bits per heavy atom. The lowest BCUT2D eigenvalue weighted by Gasteiger charge is -1.95. The van der Waals surface area contributed by atoms with E-state index in [1.807, 2.05) is 0 Å². The predicted octanol–water partition coefficient (Wildman–Crippen LogP) is 1.63. The van der Waals surface area contributed by atoms with Gasteiger partial charge in [-0.25, -0.2) is 4.68 Å². The number of aromatic nitrogens is 4. The fourth-order valence-corrected chi connectivity index (χ4v) is 2.19. The molecule has 5 nitrogen and oxygen atoms in total. The summed E-state index contributed by atoms with van der Waals surface area (Å²) in [4.78, 5) is 0. The number of rotatable bonds is 4. The first kappa shape index (κ1) is 10.2. The first-order chi connectivity index (χ1) is 7.81. The van der Waals surface area contributed by atoms with Crippen molar-refractivity contribution in [2.45, 2.75) is 25.4 Å². The first-order valence-electron chi connectivity index (χ1n) is 5.07. The van der Waals surface area contributed by atoms with Gasteiger partial charge in [-0.15, -0.1) is 10.2 Å². The summed E-state index contributed by atoms with van der Waals surface area (Å²) in [7, 11) is 0. The summed E-state index contributed by atoms with van der Waals surface area (Å²) in [5.74, 6) is 0. The Balaban J connectivity index is 1.71. The van der Waals surface area contributed by atoms with Crippen molar-refractivity contribution in [3.8, 4) is 5.13 Å². The zero-order chi connectivity index (χ0) is 11.0. The molecule has 84 valence electrons. The van der Waals surface area contributed by atoms with Crippen molar-refractivity contribution in [3.63, 3.8) is 0 Å². The highest BCUT2D eigenvalue weighted by molar-refractivity contribution is 7.13. The molecule has 7 heteroatoms. The Labute approximate surface area is 101 Å². The third-order valence-corrected chi connectivity index (χ3v) is 3.43. The van der Waals surface area contributed by atoms with Crippen LogP contribution in [0.2, 0.25) is 5.02 Å². The van der Waals surface area contributed by atoms with Gasteiger partial charge in [0.25, 0.3) is 0 Å². The van der Waals surface area contributed by atoms with Gasteiger partial charge in [0.2, 0.25) is 5.13 Å². The van der Waals surface area contributed by atoms with E-state index in [4.69, 9.17) is 11.6 Å². The quantitative estimate of drug-likeness (QED) is 0.902. The van der Waals surface area contributed by atoms with Crippen LogP contribution in [-0.4, -0.2) is 26.0 Å². The van der Waals surface area contributed by atoms with Crippen molar-refractivity contribution in [2.24, 2.45) is 0 Å². The summed E-state index contributed by atoms with van der Waals surface area (Å²) in [5, 5.41) is 18.0. The van der Waals surface area contributed by atoms with E-state index in [9.17, 15) is 0 Å². The largest absolute Gasteiger partial charge is 0.308 e. The average molecular weight is 256 g/mol. The van der Waals surface area contributed by atoms with Crippen molar-refractivity contribution in [1.29, 1.82) is 0 Å². The van der Waals surface area contributed by atoms with Gasteiger partial charge in [0, 0.05) is 6.04 Å². The van der Waals surface area contributed by atoms with Crippen LogP contribution >= 0.6 is 22.9 Å². The summed E-state index contributed by atoms with van der Waals surface area (Å²) in [6, 6.07) is 0.687. The number of hydrogen-bond donors (Lipinski definition) is 1. The van der Waals surface area contributed by atoms with Crippen molar-refractivity contribution < 1.29 is 0 Å². The van der Waals surface area contributed by atoms with E-state index in [-0.39, 0.29) is 0 Å². The molecule has 2 aromatic rings. The van der Waals surface area contributed by atoms with Crippen LogP contribution in [0.4, 0.5) is 0 Å². The van der Waals surface area contributed by atoms with Gasteiger partial charge in [-0.3, -0.25) is 0 Å². The molecular weight excluding hydrogens is 246 g/mol. The molecule has 0 spiro atoms. The van der Waals surface area contributed by atoms with E-state index in [1.54, 1.807) is 17.1 Å². The smallest absolute Gasteiger partial charge is 0.232 e. The summed E-state index contributed by atoms with van der Waals surface area (Å²) in [5.41, 5.74) is 0. The van der Waals surface area contributed by atoms with Gasteiger partial charge in [-0.1, -0.05) is 22.9 Å². The Morgan fingerprint density at radius 3 is 3.06 bits per heavy atom. The van der Waals surface area contributed by atoms with Crippen LogP contribution in [0.3, 0.4) is 0 Å². The van der Waals surface area contributed by atoms with E-state index in [0.29, 0.717) is 11.1 Å². The highest BCUT2D eigenvalue weighted by atomic mass is 35.5. The third kappa shape index (κ3) is 2.23. The fraction of sp³-hybridized carbons (Fsp3) is 0.444. The molecule has 1 aliphatic carbocycles. The molecule has 2 heterocycles. The molecule has 0 saturated heterocycles. The van der Waals surface area contributed by atoms with Crippen LogP contribution in [-0.2, 0) is 6.54 Å². The summed E-state index contributed by atoms with van der Waals surface area (Å²) in [6.07, 6.45) is 5.87. The van der Waals surface area contributed by atoms with Crippen LogP contribution in [0.25, 0.3) is 5.13 Å². The molecule has 1 saturated carbocycles. The predicted molar refractivity (Wildman–Crippen MR) is 61.9 cm³/mol. The van der Waals surface area contributed by atoms with Crippen LogP contribution < -0.4 is 5.32 Å². The monoisotopic (exact) mass is 255 g/mol. The molecule has 1 aliphatic rings. The van der Waals surface area contributed by atoms with Crippen LogP contribution in [0.15, 0.2) is 12.4 Å². The fourth-order valence-electron chi connectivity index (χ4n) is 1.33. The van der Waals surface area contributed by atoms with Crippen molar-refractivity contribution in [2.75, 3.05) is 0 Å². The van der Waals surface area contributed by atoms with E-state index in [1.165, 1.54) is 24.2 Å². The number of halogens is 1. The first-order valence-corrected chi connectivity index (χ1v) is 6.27. The molecule has 0 bridgehead atoms. The standard InChI is InChI=1S/C9H10ClN5S/c10-6-3-12-15(5-6)9-14-13-8(16-9)4-11-7-1-2-7/h3,5,7,11H,1-2,4H2. The van der Waals surface area contributed by atoms with E-state index in [0.717, 1.165) is 16.7 Å². The van der Waals surface area contributed by atoms with Gasteiger partial charge in [0.15, 0.2) is 0 Å². The van der Waals surface area contributed by atoms with Crippen molar-refractivity contribution in [1.82, 2.24) is 25.3 Å². The maximum absolute atomic E-state index is 5.79. The van der Waals surface area contributed by atoms with Crippen molar-refractivity contribution in [3.05, 3.63) is 22.4 Å². The maximum atomic E-state index is 5.79. The number of hydrogen-bond acceptors (Lipinski definition) is 5. The van der Waals surface area contributed by atoms with Gasteiger partial charge in [0.05, 0.1) is 24.0 Å². The Hall–Kier alpha value is -0.980. The maximum Gasteiger partial charge on any atom is 0.232 e. The van der Waals surface area contributed by atoms with E-state index < -0.39 is 0 Å². The summed E-state index contributed by atoms with van der Waals surface area (Å²) < 4.78 is 1.64. The van der Waals surface area contributed by atoms with Crippen LogP contribution in [0.5, 0.6) is 0 Å². The van der Waals surface area contributed by atoms with Gasteiger partial charge in [-0.2, -0.15) is 5.10 Å². The molecule has 16 heavy (non-hydrogen) atoms. The minimum absolute atomic E-state index is 0.604. The number of nitrogens with one attached hydrogen (secondary N) is 1. The highest BCUT2D eigenvalue weighted by Crippen LogP contribution is 2.21. The van der Waals surface area contributed by atoms with Gasteiger partial charge in [0.1, 0.15) is 5.01 Å². The second-order valence-electron chi connectivity index (χ2n) is 3.74. The zero-order valence-corrected chi connectivity index (χ0v) is 10.0. The molecule has 3 rings (SSSR count). The van der Waals surface area contributed by atoms with Gasteiger partial charge >= 0.3 is 0 Å². The second kappa shape index (κ2) is 4.12. The highest BCUT2D eigenvalue weighted by Gasteiger charge is 2.20.